The molecule has 0 heterocycles. The molecule has 0 N–H and O–H groups in total. The van der Waals surface area contributed by atoms with Crippen molar-refractivity contribution in [2.45, 2.75) is 6.92 Å². The maximum absolute atomic E-state index is 2.16. The van der Waals surface area contributed by atoms with E-state index in [0.29, 0.717) is 0 Å². The molecule has 0 saturated heterocycles. The van der Waals surface area contributed by atoms with Crippen LogP contribution in [0.5, 0.6) is 0 Å². The third-order valence-corrected chi connectivity index (χ3v) is 2.39. The fraction of sp³-hybridized carbons (Fsp3) is 0.0667. The molecular formula is C15H14. The highest BCUT2D eigenvalue weighted by Gasteiger charge is 1.99. The van der Waals surface area contributed by atoms with Crippen molar-refractivity contribution < 1.29 is 0 Å². The van der Waals surface area contributed by atoms with Gasteiger partial charge in [0.15, 0.2) is 0 Å². The minimum absolute atomic E-state index is 1.27. The van der Waals surface area contributed by atoms with E-state index in [9.17, 15) is 0 Å². The molecule has 2 rings (SSSR count). The molecule has 0 aliphatic heterocycles. The zero-order valence-corrected chi connectivity index (χ0v) is 8.85. The summed E-state index contributed by atoms with van der Waals surface area (Å²) in [6.07, 6.45) is 4.21. The van der Waals surface area contributed by atoms with Crippen molar-refractivity contribution in [1.82, 2.24) is 0 Å². The lowest BCUT2D eigenvalue weighted by Crippen LogP contribution is -1.81. The second-order valence-electron chi connectivity index (χ2n) is 3.45. The lowest BCUT2D eigenvalue weighted by atomic mass is 10.00. The first-order valence-electron chi connectivity index (χ1n) is 5.19. The summed E-state index contributed by atoms with van der Waals surface area (Å²) in [6, 6.07) is 18.9. The molecule has 0 fully saturated rings. The van der Waals surface area contributed by atoms with Gasteiger partial charge < -0.3 is 0 Å². The lowest BCUT2D eigenvalue weighted by Gasteiger charge is -2.05. The number of hydrogen-bond acceptors (Lipinski definition) is 0. The van der Waals surface area contributed by atoms with Crippen LogP contribution in [0.1, 0.15) is 12.5 Å². The summed E-state index contributed by atoms with van der Waals surface area (Å²) in [6.45, 7) is 2.04. The molecule has 0 heteroatoms. The predicted octanol–water partition coefficient (Wildman–Crippen LogP) is 4.39. The molecule has 0 amide bonds. The first kappa shape index (κ1) is 9.72. The smallest absolute Gasteiger partial charge is 0.0112 e. The first-order chi connectivity index (χ1) is 7.42. The average molecular weight is 194 g/mol. The van der Waals surface area contributed by atoms with Crippen LogP contribution in [0.4, 0.5) is 0 Å². The third-order valence-electron chi connectivity index (χ3n) is 2.39. The summed E-state index contributed by atoms with van der Waals surface area (Å²) in [5, 5.41) is 0. The van der Waals surface area contributed by atoms with E-state index in [4.69, 9.17) is 0 Å². The Bertz CT molecular complexity index is 452. The fourth-order valence-electron chi connectivity index (χ4n) is 1.70. The fourth-order valence-corrected chi connectivity index (χ4v) is 1.70. The Kier molecular flexibility index (Phi) is 2.99. The molecule has 0 bridgehead atoms. The van der Waals surface area contributed by atoms with Crippen molar-refractivity contribution in [3.05, 3.63) is 66.2 Å². The lowest BCUT2D eigenvalue weighted by molar-refractivity contribution is 1.58. The summed E-state index contributed by atoms with van der Waals surface area (Å²) in [4.78, 5) is 0. The summed E-state index contributed by atoms with van der Waals surface area (Å²) in [5.41, 5.74) is 3.83. The van der Waals surface area contributed by atoms with E-state index in [1.807, 2.05) is 13.0 Å². The number of rotatable bonds is 2. The van der Waals surface area contributed by atoms with Crippen LogP contribution in [0, 0.1) is 0 Å². The normalized spacial score (nSPS) is 10.7. The molecule has 0 aliphatic rings. The van der Waals surface area contributed by atoms with Gasteiger partial charge in [0.1, 0.15) is 0 Å². The van der Waals surface area contributed by atoms with E-state index in [-0.39, 0.29) is 0 Å². The molecule has 0 saturated carbocycles. The van der Waals surface area contributed by atoms with Crippen molar-refractivity contribution in [3.63, 3.8) is 0 Å². The van der Waals surface area contributed by atoms with Gasteiger partial charge in [0.05, 0.1) is 0 Å². The molecule has 15 heavy (non-hydrogen) atoms. The Morgan fingerprint density at radius 3 is 2.20 bits per heavy atom. The van der Waals surface area contributed by atoms with Gasteiger partial charge in [-0.15, -0.1) is 0 Å². The summed E-state index contributed by atoms with van der Waals surface area (Å²) >= 11 is 0. The molecule has 0 atom stereocenters. The SMILES string of the molecule is CC=Cc1ccccc1-c1ccccc1. The van der Waals surface area contributed by atoms with Gasteiger partial charge in [0, 0.05) is 0 Å². The van der Waals surface area contributed by atoms with Gasteiger partial charge in [-0.3, -0.25) is 0 Å². The van der Waals surface area contributed by atoms with E-state index in [1.54, 1.807) is 0 Å². The number of benzene rings is 2. The van der Waals surface area contributed by atoms with Gasteiger partial charge in [-0.2, -0.15) is 0 Å². The summed E-state index contributed by atoms with van der Waals surface area (Å²) in [5.74, 6) is 0. The van der Waals surface area contributed by atoms with Gasteiger partial charge in [0.2, 0.25) is 0 Å². The highest BCUT2D eigenvalue weighted by atomic mass is 14.0. The Morgan fingerprint density at radius 1 is 0.800 bits per heavy atom. The maximum atomic E-state index is 2.16. The van der Waals surface area contributed by atoms with Gasteiger partial charge in [-0.1, -0.05) is 66.7 Å². The first-order valence-corrected chi connectivity index (χ1v) is 5.19. The van der Waals surface area contributed by atoms with Crippen molar-refractivity contribution in [1.29, 1.82) is 0 Å². The molecule has 0 unspecified atom stereocenters. The molecule has 0 aliphatic carbocycles. The van der Waals surface area contributed by atoms with Crippen LogP contribution in [0.15, 0.2) is 60.7 Å². The van der Waals surface area contributed by atoms with E-state index >= 15 is 0 Å². The average Bonchev–Trinajstić information content (AvgIpc) is 2.31. The van der Waals surface area contributed by atoms with Gasteiger partial charge in [0.25, 0.3) is 0 Å². The topological polar surface area (TPSA) is 0 Å². The molecule has 74 valence electrons. The van der Waals surface area contributed by atoms with Crippen LogP contribution >= 0.6 is 0 Å². The quantitative estimate of drug-likeness (QED) is 0.665. The Balaban J connectivity index is 2.53. The zero-order chi connectivity index (χ0) is 10.5. The van der Waals surface area contributed by atoms with Gasteiger partial charge >= 0.3 is 0 Å². The van der Waals surface area contributed by atoms with Crippen molar-refractivity contribution in [2.24, 2.45) is 0 Å². The number of hydrogen-bond donors (Lipinski definition) is 0. The molecule has 0 nitrogen and oxygen atoms in total. The van der Waals surface area contributed by atoms with Gasteiger partial charge in [-0.05, 0) is 23.6 Å². The predicted molar refractivity (Wildman–Crippen MR) is 66.6 cm³/mol. The molecule has 0 spiro atoms. The van der Waals surface area contributed by atoms with Crippen molar-refractivity contribution in [3.8, 4) is 11.1 Å². The Labute approximate surface area is 90.9 Å². The minimum atomic E-state index is 1.27. The van der Waals surface area contributed by atoms with Crippen LogP contribution < -0.4 is 0 Å². The molecule has 2 aromatic carbocycles. The van der Waals surface area contributed by atoms with E-state index in [0.717, 1.165) is 0 Å². The van der Waals surface area contributed by atoms with Crippen molar-refractivity contribution >= 4 is 6.08 Å². The van der Waals surface area contributed by atoms with E-state index in [2.05, 4.69) is 60.7 Å². The highest BCUT2D eigenvalue weighted by molar-refractivity contribution is 5.74. The molecule has 0 radical (unpaired) electrons. The molecule has 0 aromatic heterocycles. The third kappa shape index (κ3) is 2.16. The van der Waals surface area contributed by atoms with Crippen LogP contribution in [0.3, 0.4) is 0 Å². The van der Waals surface area contributed by atoms with Gasteiger partial charge in [-0.25, -0.2) is 0 Å². The van der Waals surface area contributed by atoms with Crippen LogP contribution in [0.2, 0.25) is 0 Å². The van der Waals surface area contributed by atoms with Crippen molar-refractivity contribution in [2.75, 3.05) is 0 Å². The van der Waals surface area contributed by atoms with Crippen LogP contribution in [-0.2, 0) is 0 Å². The zero-order valence-electron chi connectivity index (χ0n) is 8.85. The monoisotopic (exact) mass is 194 g/mol. The minimum Gasteiger partial charge on any atom is -0.0870 e. The number of allylic oxidation sites excluding steroid dienone is 1. The van der Waals surface area contributed by atoms with E-state index < -0.39 is 0 Å². The standard InChI is InChI=1S/C15H14/c1-2-8-13-11-6-7-12-15(13)14-9-4-3-5-10-14/h2-12H,1H3. The Hall–Kier alpha value is -1.82. The summed E-state index contributed by atoms with van der Waals surface area (Å²) in [7, 11) is 0. The molecular weight excluding hydrogens is 180 g/mol. The second-order valence-corrected chi connectivity index (χ2v) is 3.45. The Morgan fingerprint density at radius 2 is 1.47 bits per heavy atom. The second kappa shape index (κ2) is 4.61. The maximum Gasteiger partial charge on any atom is -0.0112 e. The highest BCUT2D eigenvalue weighted by Crippen LogP contribution is 2.24. The van der Waals surface area contributed by atoms with Crippen LogP contribution in [0.25, 0.3) is 17.2 Å². The van der Waals surface area contributed by atoms with Crippen LogP contribution in [-0.4, -0.2) is 0 Å². The molecule has 2 aromatic rings. The summed E-state index contributed by atoms with van der Waals surface area (Å²) < 4.78 is 0. The largest absolute Gasteiger partial charge is 0.0870 e. The van der Waals surface area contributed by atoms with E-state index in [1.165, 1.54) is 16.7 Å².